The van der Waals surface area contributed by atoms with E-state index in [2.05, 4.69) is 16.4 Å². The van der Waals surface area contributed by atoms with E-state index < -0.39 is 0 Å². The van der Waals surface area contributed by atoms with Gasteiger partial charge in [-0.25, -0.2) is 4.98 Å². The van der Waals surface area contributed by atoms with Crippen molar-refractivity contribution in [3.05, 3.63) is 30.2 Å². The molecule has 1 aliphatic heterocycles. The molecule has 1 atom stereocenters. The molecule has 0 radical (unpaired) electrons. The van der Waals surface area contributed by atoms with Gasteiger partial charge in [0.15, 0.2) is 12.0 Å². The maximum absolute atomic E-state index is 6.34. The monoisotopic (exact) mass is 231 g/mol. The molecule has 0 amide bonds. The van der Waals surface area contributed by atoms with E-state index in [-0.39, 0.29) is 6.04 Å². The van der Waals surface area contributed by atoms with E-state index in [9.17, 15) is 0 Å². The van der Waals surface area contributed by atoms with Crippen LogP contribution in [-0.2, 0) is 0 Å². The van der Waals surface area contributed by atoms with Crippen LogP contribution in [0.15, 0.2) is 29.0 Å². The molecular weight excluding hydrogens is 214 g/mol. The first-order chi connectivity index (χ1) is 8.34. The zero-order valence-corrected chi connectivity index (χ0v) is 9.73. The summed E-state index contributed by atoms with van der Waals surface area (Å²) in [5.41, 5.74) is 9.21. The van der Waals surface area contributed by atoms with E-state index in [1.54, 1.807) is 0 Å². The largest absolute Gasteiger partial charge is 0.443 e. The van der Waals surface area contributed by atoms with Gasteiger partial charge in [-0.2, -0.15) is 0 Å². The normalized spacial score (nSPS) is 19.6. The second-order valence-electron chi connectivity index (χ2n) is 4.69. The number of benzene rings is 1. The number of fused-ring (bicyclic) bond motifs is 1. The first-order valence-electron chi connectivity index (χ1n) is 6.14. The average Bonchev–Trinajstić information content (AvgIpc) is 2.86. The van der Waals surface area contributed by atoms with Crippen molar-refractivity contribution in [1.82, 2.24) is 10.3 Å². The number of rotatable bonds is 2. The molecule has 2 heterocycles. The summed E-state index contributed by atoms with van der Waals surface area (Å²) >= 11 is 0. The SMILES string of the molecule is NC(c1ccc2ncoc2c1)C1CCNCC1. The lowest BCUT2D eigenvalue weighted by atomic mass is 9.86. The Bertz CT molecular complexity index is 502. The Balaban J connectivity index is 1.86. The van der Waals surface area contributed by atoms with Gasteiger partial charge in [-0.15, -0.1) is 0 Å². The van der Waals surface area contributed by atoms with E-state index in [1.807, 2.05) is 12.1 Å². The highest BCUT2D eigenvalue weighted by molar-refractivity contribution is 5.72. The third kappa shape index (κ3) is 2.06. The highest BCUT2D eigenvalue weighted by Crippen LogP contribution is 2.28. The van der Waals surface area contributed by atoms with Gasteiger partial charge in [0, 0.05) is 6.04 Å². The molecular formula is C13H17N3O. The van der Waals surface area contributed by atoms with Gasteiger partial charge in [0.05, 0.1) is 0 Å². The molecule has 90 valence electrons. The van der Waals surface area contributed by atoms with Gasteiger partial charge in [0.1, 0.15) is 5.52 Å². The van der Waals surface area contributed by atoms with Crippen molar-refractivity contribution in [3.63, 3.8) is 0 Å². The summed E-state index contributed by atoms with van der Waals surface area (Å²) in [6.45, 7) is 2.14. The van der Waals surface area contributed by atoms with Gasteiger partial charge in [-0.05, 0) is 49.5 Å². The molecule has 1 aromatic carbocycles. The molecule has 0 aliphatic carbocycles. The predicted octanol–water partition coefficient (Wildman–Crippen LogP) is 1.83. The minimum absolute atomic E-state index is 0.103. The van der Waals surface area contributed by atoms with Crippen molar-refractivity contribution in [2.75, 3.05) is 13.1 Å². The maximum atomic E-state index is 6.34. The molecule has 4 heteroatoms. The first-order valence-corrected chi connectivity index (χ1v) is 6.14. The minimum atomic E-state index is 0.103. The molecule has 1 fully saturated rings. The van der Waals surface area contributed by atoms with Gasteiger partial charge in [0.25, 0.3) is 0 Å². The fourth-order valence-corrected chi connectivity index (χ4v) is 2.55. The van der Waals surface area contributed by atoms with Crippen LogP contribution in [0.3, 0.4) is 0 Å². The van der Waals surface area contributed by atoms with Crippen molar-refractivity contribution in [2.45, 2.75) is 18.9 Å². The average molecular weight is 231 g/mol. The predicted molar refractivity (Wildman–Crippen MR) is 66.5 cm³/mol. The highest BCUT2D eigenvalue weighted by atomic mass is 16.3. The number of hydrogen-bond donors (Lipinski definition) is 2. The standard InChI is InChI=1S/C13H17N3O/c14-13(9-3-5-15-6-4-9)10-1-2-11-12(7-10)17-8-16-11/h1-2,7-9,13,15H,3-6,14H2. The Morgan fingerprint density at radius 3 is 3.00 bits per heavy atom. The van der Waals surface area contributed by atoms with Crippen LogP contribution in [0.2, 0.25) is 0 Å². The second-order valence-corrected chi connectivity index (χ2v) is 4.69. The van der Waals surface area contributed by atoms with Crippen molar-refractivity contribution in [2.24, 2.45) is 11.7 Å². The molecule has 17 heavy (non-hydrogen) atoms. The Hall–Kier alpha value is -1.39. The molecule has 1 aromatic heterocycles. The number of nitrogens with two attached hydrogens (primary N) is 1. The fourth-order valence-electron chi connectivity index (χ4n) is 2.55. The summed E-state index contributed by atoms with van der Waals surface area (Å²) in [6.07, 6.45) is 3.77. The van der Waals surface area contributed by atoms with Crippen LogP contribution in [0.1, 0.15) is 24.4 Å². The number of aromatic nitrogens is 1. The van der Waals surface area contributed by atoms with E-state index in [4.69, 9.17) is 10.2 Å². The summed E-state index contributed by atoms with van der Waals surface area (Å²) in [5.74, 6) is 0.566. The number of oxazole rings is 1. The molecule has 1 aliphatic rings. The summed E-state index contributed by atoms with van der Waals surface area (Å²) in [7, 11) is 0. The molecule has 1 unspecified atom stereocenters. The minimum Gasteiger partial charge on any atom is -0.443 e. The van der Waals surface area contributed by atoms with E-state index in [0.29, 0.717) is 5.92 Å². The zero-order chi connectivity index (χ0) is 11.7. The highest BCUT2D eigenvalue weighted by Gasteiger charge is 2.22. The van der Waals surface area contributed by atoms with Crippen LogP contribution in [0.4, 0.5) is 0 Å². The Morgan fingerprint density at radius 1 is 1.35 bits per heavy atom. The molecule has 0 saturated carbocycles. The maximum Gasteiger partial charge on any atom is 0.181 e. The van der Waals surface area contributed by atoms with Crippen molar-refractivity contribution < 1.29 is 4.42 Å². The Morgan fingerprint density at radius 2 is 2.18 bits per heavy atom. The van der Waals surface area contributed by atoms with Gasteiger partial charge in [-0.1, -0.05) is 6.07 Å². The van der Waals surface area contributed by atoms with Crippen LogP contribution < -0.4 is 11.1 Å². The molecule has 3 N–H and O–H groups in total. The fraction of sp³-hybridized carbons (Fsp3) is 0.462. The van der Waals surface area contributed by atoms with E-state index in [1.165, 1.54) is 6.39 Å². The lowest BCUT2D eigenvalue weighted by Crippen LogP contribution is -2.33. The van der Waals surface area contributed by atoms with Gasteiger partial charge in [-0.3, -0.25) is 0 Å². The van der Waals surface area contributed by atoms with Crippen LogP contribution in [0.5, 0.6) is 0 Å². The summed E-state index contributed by atoms with van der Waals surface area (Å²) in [4.78, 5) is 4.11. The molecule has 1 saturated heterocycles. The Labute approximate surface area is 100 Å². The smallest absolute Gasteiger partial charge is 0.181 e. The molecule has 4 nitrogen and oxygen atoms in total. The van der Waals surface area contributed by atoms with Crippen LogP contribution in [0.25, 0.3) is 11.1 Å². The summed E-state index contributed by atoms with van der Waals surface area (Å²) in [6, 6.07) is 6.17. The summed E-state index contributed by atoms with van der Waals surface area (Å²) < 4.78 is 5.32. The van der Waals surface area contributed by atoms with Gasteiger partial charge < -0.3 is 15.5 Å². The van der Waals surface area contributed by atoms with Gasteiger partial charge in [0.2, 0.25) is 0 Å². The second kappa shape index (κ2) is 4.47. The zero-order valence-electron chi connectivity index (χ0n) is 9.73. The topological polar surface area (TPSA) is 64.1 Å². The number of hydrogen-bond acceptors (Lipinski definition) is 4. The van der Waals surface area contributed by atoms with Crippen molar-refractivity contribution >= 4 is 11.1 Å². The van der Waals surface area contributed by atoms with Crippen LogP contribution >= 0.6 is 0 Å². The van der Waals surface area contributed by atoms with E-state index in [0.717, 1.165) is 42.6 Å². The first kappa shape index (κ1) is 10.7. The third-order valence-corrected chi connectivity index (χ3v) is 3.63. The van der Waals surface area contributed by atoms with Gasteiger partial charge >= 0.3 is 0 Å². The molecule has 0 bridgehead atoms. The lowest BCUT2D eigenvalue weighted by Gasteiger charge is -2.28. The molecule has 3 rings (SSSR count). The number of piperidine rings is 1. The third-order valence-electron chi connectivity index (χ3n) is 3.63. The van der Waals surface area contributed by atoms with E-state index >= 15 is 0 Å². The number of nitrogens with zero attached hydrogens (tertiary/aromatic N) is 1. The lowest BCUT2D eigenvalue weighted by molar-refractivity contribution is 0.322. The summed E-state index contributed by atoms with van der Waals surface area (Å²) in [5, 5.41) is 3.36. The molecule has 0 spiro atoms. The molecule has 2 aromatic rings. The quantitative estimate of drug-likeness (QED) is 0.827. The Kier molecular flexibility index (Phi) is 2.82. The number of nitrogens with one attached hydrogen (secondary N) is 1. The van der Waals surface area contributed by atoms with Crippen molar-refractivity contribution in [3.8, 4) is 0 Å². The van der Waals surface area contributed by atoms with Crippen LogP contribution in [0, 0.1) is 5.92 Å². The van der Waals surface area contributed by atoms with Crippen LogP contribution in [-0.4, -0.2) is 18.1 Å². The van der Waals surface area contributed by atoms with Crippen molar-refractivity contribution in [1.29, 1.82) is 0 Å².